The van der Waals surface area contributed by atoms with E-state index in [1.165, 1.54) is 11.8 Å². The molecule has 2 aromatic rings. The lowest BCUT2D eigenvalue weighted by Gasteiger charge is -2.49. The third-order valence-corrected chi connectivity index (χ3v) is 7.12. The first kappa shape index (κ1) is 19.8. The van der Waals surface area contributed by atoms with E-state index < -0.39 is 6.04 Å². The highest BCUT2D eigenvalue weighted by Crippen LogP contribution is 2.40. The Morgan fingerprint density at radius 3 is 2.86 bits per heavy atom. The SMILES string of the molecule is CC1=C(/C=C/c2cc(C)no2)CSC2C(NC(=O)CSc3ccccc3)C(=O)N12. The Balaban J connectivity index is 1.35. The maximum Gasteiger partial charge on any atom is 0.253 e. The molecule has 1 aromatic carbocycles. The molecular weight excluding hydrogens is 406 g/mol. The van der Waals surface area contributed by atoms with Crippen molar-refractivity contribution >= 4 is 41.4 Å². The number of aromatic nitrogens is 1. The van der Waals surface area contributed by atoms with Gasteiger partial charge >= 0.3 is 0 Å². The number of rotatable bonds is 6. The van der Waals surface area contributed by atoms with E-state index in [0.29, 0.717) is 11.5 Å². The predicted molar refractivity (Wildman–Crippen MR) is 115 cm³/mol. The normalized spacial score (nSPS) is 21.3. The molecule has 1 N–H and O–H groups in total. The van der Waals surface area contributed by atoms with Crippen molar-refractivity contribution in [1.29, 1.82) is 0 Å². The van der Waals surface area contributed by atoms with E-state index in [4.69, 9.17) is 4.52 Å². The van der Waals surface area contributed by atoms with Gasteiger partial charge in [0, 0.05) is 22.4 Å². The summed E-state index contributed by atoms with van der Waals surface area (Å²) in [7, 11) is 0. The Morgan fingerprint density at radius 1 is 1.34 bits per heavy atom. The van der Waals surface area contributed by atoms with E-state index >= 15 is 0 Å². The van der Waals surface area contributed by atoms with Gasteiger partial charge in [0.2, 0.25) is 5.91 Å². The lowest BCUT2D eigenvalue weighted by atomic mass is 10.0. The van der Waals surface area contributed by atoms with Gasteiger partial charge in [0.1, 0.15) is 11.4 Å². The number of β-lactam (4-membered cyclic amide) rings is 1. The van der Waals surface area contributed by atoms with Crippen LogP contribution in [-0.4, -0.2) is 44.8 Å². The minimum Gasteiger partial charge on any atom is -0.357 e. The van der Waals surface area contributed by atoms with Crippen LogP contribution < -0.4 is 5.32 Å². The first-order chi connectivity index (χ1) is 14.0. The van der Waals surface area contributed by atoms with Gasteiger partial charge in [0.15, 0.2) is 5.76 Å². The number of hydrogen-bond acceptors (Lipinski definition) is 6. The molecule has 150 valence electrons. The molecule has 0 spiro atoms. The molecule has 4 rings (SSSR count). The molecule has 2 atom stereocenters. The first-order valence-corrected chi connectivity index (χ1v) is 11.3. The summed E-state index contributed by atoms with van der Waals surface area (Å²) in [6.07, 6.45) is 3.83. The second kappa shape index (κ2) is 8.51. The van der Waals surface area contributed by atoms with Crippen LogP contribution in [0, 0.1) is 6.92 Å². The van der Waals surface area contributed by atoms with Gasteiger partial charge in [-0.25, -0.2) is 0 Å². The summed E-state index contributed by atoms with van der Waals surface area (Å²) in [6, 6.07) is 11.2. The maximum absolute atomic E-state index is 12.6. The van der Waals surface area contributed by atoms with Gasteiger partial charge in [0.25, 0.3) is 5.91 Å². The van der Waals surface area contributed by atoms with Crippen molar-refractivity contribution < 1.29 is 14.1 Å². The molecule has 2 unspecified atom stereocenters. The van der Waals surface area contributed by atoms with E-state index in [2.05, 4.69) is 10.5 Å². The number of nitrogens with zero attached hydrogens (tertiary/aromatic N) is 2. The molecule has 1 fully saturated rings. The summed E-state index contributed by atoms with van der Waals surface area (Å²) in [5.41, 5.74) is 2.82. The van der Waals surface area contributed by atoms with Gasteiger partial charge in [-0.2, -0.15) is 0 Å². The third-order valence-electron chi connectivity index (χ3n) is 4.80. The Labute approximate surface area is 177 Å². The van der Waals surface area contributed by atoms with Crippen LogP contribution in [0.1, 0.15) is 18.4 Å². The zero-order valence-corrected chi connectivity index (χ0v) is 17.8. The topological polar surface area (TPSA) is 75.4 Å². The van der Waals surface area contributed by atoms with Crippen LogP contribution in [0.15, 0.2) is 63.2 Å². The number of hydrogen-bond donors (Lipinski definition) is 1. The van der Waals surface area contributed by atoms with E-state index in [-0.39, 0.29) is 17.2 Å². The van der Waals surface area contributed by atoms with Gasteiger partial charge in [-0.3, -0.25) is 14.5 Å². The molecule has 0 saturated carbocycles. The molecule has 2 aliphatic heterocycles. The molecule has 3 heterocycles. The molecule has 0 bridgehead atoms. The molecule has 6 nitrogen and oxygen atoms in total. The molecule has 1 aromatic heterocycles. The Hall–Kier alpha value is -2.45. The van der Waals surface area contributed by atoms with Crippen LogP contribution in [0.5, 0.6) is 0 Å². The molecule has 29 heavy (non-hydrogen) atoms. The second-order valence-electron chi connectivity index (χ2n) is 6.87. The van der Waals surface area contributed by atoms with Crippen LogP contribution >= 0.6 is 23.5 Å². The van der Waals surface area contributed by atoms with E-state index in [1.54, 1.807) is 16.7 Å². The van der Waals surface area contributed by atoms with Gasteiger partial charge in [-0.1, -0.05) is 29.4 Å². The number of amides is 2. The number of allylic oxidation sites excluding steroid dienone is 2. The average molecular weight is 428 g/mol. The lowest BCUT2D eigenvalue weighted by Crippen LogP contribution is -2.69. The first-order valence-electron chi connectivity index (χ1n) is 9.26. The highest BCUT2D eigenvalue weighted by molar-refractivity contribution is 8.00. The summed E-state index contributed by atoms with van der Waals surface area (Å²) in [4.78, 5) is 27.7. The van der Waals surface area contributed by atoms with Gasteiger partial charge in [0.05, 0.1) is 11.4 Å². The number of aryl methyl sites for hydroxylation is 1. The quantitative estimate of drug-likeness (QED) is 0.562. The van der Waals surface area contributed by atoms with E-state index in [0.717, 1.165) is 27.6 Å². The molecule has 8 heteroatoms. The second-order valence-corrected chi connectivity index (χ2v) is 9.03. The number of benzene rings is 1. The van der Waals surface area contributed by atoms with Crippen molar-refractivity contribution in [3.05, 3.63) is 65.2 Å². The zero-order chi connectivity index (χ0) is 20.4. The molecule has 0 radical (unpaired) electrons. The smallest absolute Gasteiger partial charge is 0.253 e. The largest absolute Gasteiger partial charge is 0.357 e. The number of thioether (sulfide) groups is 2. The summed E-state index contributed by atoms with van der Waals surface area (Å²) < 4.78 is 5.19. The van der Waals surface area contributed by atoms with Crippen LogP contribution in [0.25, 0.3) is 6.08 Å². The fraction of sp³-hybridized carbons (Fsp3) is 0.286. The van der Waals surface area contributed by atoms with Gasteiger partial charge in [-0.05, 0) is 37.6 Å². The average Bonchev–Trinajstić information content (AvgIpc) is 3.15. The molecule has 0 aliphatic carbocycles. The maximum atomic E-state index is 12.6. The van der Waals surface area contributed by atoms with Crippen molar-refractivity contribution in [2.75, 3.05) is 11.5 Å². The number of carbonyl (C=O) groups is 2. The number of nitrogens with one attached hydrogen (secondary N) is 1. The van der Waals surface area contributed by atoms with Crippen LogP contribution in [0.2, 0.25) is 0 Å². The Morgan fingerprint density at radius 2 is 2.14 bits per heavy atom. The fourth-order valence-corrected chi connectivity index (χ4v) is 5.43. The summed E-state index contributed by atoms with van der Waals surface area (Å²) in [5.74, 6) is 1.58. The summed E-state index contributed by atoms with van der Waals surface area (Å²) in [6.45, 7) is 3.82. The lowest BCUT2D eigenvalue weighted by molar-refractivity contribution is -0.145. The third kappa shape index (κ3) is 4.28. The van der Waals surface area contributed by atoms with E-state index in [1.807, 2.05) is 62.4 Å². The molecule has 1 saturated heterocycles. The van der Waals surface area contributed by atoms with Crippen molar-refractivity contribution in [3.63, 3.8) is 0 Å². The van der Waals surface area contributed by atoms with Crippen molar-refractivity contribution in [2.45, 2.75) is 30.2 Å². The standard InChI is InChI=1S/C21H21N3O3S2/c1-13-10-16(27-23-13)9-8-15-11-29-21-19(20(26)24(21)14(15)2)22-18(25)12-28-17-6-4-3-5-7-17/h3-10,19,21H,11-12H2,1-2H3,(H,22,25)/b9-8+. The Bertz CT molecular complexity index is 984. The van der Waals surface area contributed by atoms with Crippen LogP contribution in [-0.2, 0) is 9.59 Å². The van der Waals surface area contributed by atoms with Gasteiger partial charge in [-0.15, -0.1) is 23.5 Å². The summed E-state index contributed by atoms with van der Waals surface area (Å²) in [5, 5.41) is 6.72. The highest BCUT2D eigenvalue weighted by atomic mass is 32.2. The Kier molecular flexibility index (Phi) is 5.82. The highest BCUT2D eigenvalue weighted by Gasteiger charge is 2.51. The van der Waals surface area contributed by atoms with Crippen molar-refractivity contribution in [3.8, 4) is 0 Å². The monoisotopic (exact) mass is 427 g/mol. The van der Waals surface area contributed by atoms with Crippen molar-refractivity contribution in [2.24, 2.45) is 0 Å². The van der Waals surface area contributed by atoms with E-state index in [9.17, 15) is 9.59 Å². The van der Waals surface area contributed by atoms with Crippen molar-refractivity contribution in [1.82, 2.24) is 15.4 Å². The molecule has 2 amide bonds. The van der Waals surface area contributed by atoms with Crippen LogP contribution in [0.3, 0.4) is 0 Å². The minimum absolute atomic E-state index is 0.0437. The summed E-state index contributed by atoms with van der Waals surface area (Å²) >= 11 is 3.13. The predicted octanol–water partition coefficient (Wildman–Crippen LogP) is 3.46. The zero-order valence-electron chi connectivity index (χ0n) is 16.1. The number of carbonyl (C=O) groups excluding carboxylic acids is 2. The minimum atomic E-state index is -0.457. The molecular formula is C21H21N3O3S2. The molecule has 2 aliphatic rings. The van der Waals surface area contributed by atoms with Gasteiger partial charge < -0.3 is 9.84 Å². The van der Waals surface area contributed by atoms with Crippen LogP contribution in [0.4, 0.5) is 0 Å². The number of fused-ring (bicyclic) bond motifs is 1. The fourth-order valence-electron chi connectivity index (χ4n) is 3.25.